The van der Waals surface area contributed by atoms with E-state index in [1.165, 1.54) is 19.3 Å². The van der Waals surface area contributed by atoms with Crippen molar-refractivity contribution in [3.8, 4) is 0 Å². The van der Waals surface area contributed by atoms with Gasteiger partial charge in [0.15, 0.2) is 0 Å². The number of likely N-dealkylation sites (tertiary alicyclic amines) is 1. The van der Waals surface area contributed by atoms with Gasteiger partial charge in [0.2, 0.25) is 0 Å². The van der Waals surface area contributed by atoms with Crippen molar-refractivity contribution in [3.63, 3.8) is 0 Å². The van der Waals surface area contributed by atoms with E-state index in [1.54, 1.807) is 6.07 Å². The molecule has 1 aliphatic rings. The number of H-pyrrole nitrogens is 1. The van der Waals surface area contributed by atoms with E-state index in [1.807, 2.05) is 24.8 Å². The molecule has 4 heteroatoms. The lowest BCUT2D eigenvalue weighted by Crippen LogP contribution is -2.37. The molecule has 1 aromatic heterocycles. The number of carbonyl (C=O) groups excluding carboxylic acids is 1. The molecule has 0 bridgehead atoms. The van der Waals surface area contributed by atoms with Crippen molar-refractivity contribution in [2.45, 2.75) is 51.9 Å². The Morgan fingerprint density at radius 2 is 1.70 bits per heavy atom. The van der Waals surface area contributed by atoms with Crippen molar-refractivity contribution in [2.75, 3.05) is 13.1 Å². The number of hydrogen-bond donors (Lipinski definition) is 1. The summed E-state index contributed by atoms with van der Waals surface area (Å²) in [6.07, 6.45) is 5.67. The number of pyridine rings is 1. The minimum atomic E-state index is -0.261. The Kier molecular flexibility index (Phi) is 4.99. The Hall–Kier alpha value is -1.58. The fraction of sp³-hybridized carbons (Fsp3) is 0.625. The van der Waals surface area contributed by atoms with Crippen molar-refractivity contribution in [3.05, 3.63) is 33.7 Å². The van der Waals surface area contributed by atoms with Crippen LogP contribution in [0, 0.1) is 0 Å². The van der Waals surface area contributed by atoms with E-state index in [4.69, 9.17) is 0 Å². The van der Waals surface area contributed by atoms with Crippen LogP contribution in [0.5, 0.6) is 0 Å². The number of hydrogen-bond acceptors (Lipinski definition) is 2. The zero-order chi connectivity index (χ0) is 14.5. The molecular formula is C16H24N2O2. The summed E-state index contributed by atoms with van der Waals surface area (Å²) in [7, 11) is 0. The quantitative estimate of drug-likeness (QED) is 0.903. The summed E-state index contributed by atoms with van der Waals surface area (Å²) in [5, 5.41) is 0. The van der Waals surface area contributed by atoms with Crippen LogP contribution in [-0.4, -0.2) is 28.9 Å². The molecule has 1 aromatic rings. The topological polar surface area (TPSA) is 53.2 Å². The number of amides is 1. The minimum absolute atomic E-state index is 0.122. The molecule has 4 nitrogen and oxygen atoms in total. The Morgan fingerprint density at radius 1 is 1.10 bits per heavy atom. The number of aromatic nitrogens is 1. The van der Waals surface area contributed by atoms with Crippen molar-refractivity contribution in [1.82, 2.24) is 9.88 Å². The van der Waals surface area contributed by atoms with Gasteiger partial charge in [-0.3, -0.25) is 9.59 Å². The van der Waals surface area contributed by atoms with Gasteiger partial charge in [-0.2, -0.15) is 0 Å². The fourth-order valence-electron chi connectivity index (χ4n) is 2.61. The van der Waals surface area contributed by atoms with Crippen LogP contribution in [0.25, 0.3) is 0 Å². The van der Waals surface area contributed by atoms with Gasteiger partial charge in [0.1, 0.15) is 5.56 Å². The highest BCUT2D eigenvalue weighted by Crippen LogP contribution is 2.13. The lowest BCUT2D eigenvalue weighted by atomic mass is 10.1. The summed E-state index contributed by atoms with van der Waals surface area (Å²) in [5.41, 5.74) is 0.887. The van der Waals surface area contributed by atoms with Gasteiger partial charge in [-0.25, -0.2) is 0 Å². The summed E-state index contributed by atoms with van der Waals surface area (Å²) in [6, 6.07) is 3.53. The zero-order valence-electron chi connectivity index (χ0n) is 12.4. The smallest absolute Gasteiger partial charge is 0.261 e. The molecule has 1 aliphatic heterocycles. The SMILES string of the molecule is CC(C)c1ccc(C(=O)N2CCCCCCC2)c(=O)[nH]1. The molecule has 0 spiro atoms. The summed E-state index contributed by atoms with van der Waals surface area (Å²) in [4.78, 5) is 29.2. The van der Waals surface area contributed by atoms with Crippen LogP contribution >= 0.6 is 0 Å². The zero-order valence-corrected chi connectivity index (χ0v) is 12.4. The number of nitrogens with one attached hydrogen (secondary N) is 1. The molecule has 1 fully saturated rings. The van der Waals surface area contributed by atoms with Crippen molar-refractivity contribution in [1.29, 1.82) is 0 Å². The maximum atomic E-state index is 12.5. The number of aromatic amines is 1. The molecule has 2 heterocycles. The van der Waals surface area contributed by atoms with Gasteiger partial charge in [0, 0.05) is 18.8 Å². The van der Waals surface area contributed by atoms with Crippen LogP contribution in [0.4, 0.5) is 0 Å². The first-order chi connectivity index (χ1) is 9.59. The molecule has 0 atom stereocenters. The molecule has 0 radical (unpaired) electrons. The molecule has 0 aromatic carbocycles. The van der Waals surface area contributed by atoms with Gasteiger partial charge in [-0.15, -0.1) is 0 Å². The maximum absolute atomic E-state index is 12.5. The first-order valence-corrected chi connectivity index (χ1v) is 7.62. The van der Waals surface area contributed by atoms with E-state index in [-0.39, 0.29) is 22.9 Å². The van der Waals surface area contributed by atoms with Crippen LogP contribution < -0.4 is 5.56 Å². The molecule has 2 rings (SSSR count). The Labute approximate surface area is 120 Å². The second kappa shape index (κ2) is 6.73. The van der Waals surface area contributed by atoms with Crippen molar-refractivity contribution in [2.24, 2.45) is 0 Å². The van der Waals surface area contributed by atoms with Crippen molar-refractivity contribution < 1.29 is 4.79 Å². The van der Waals surface area contributed by atoms with E-state index < -0.39 is 0 Å². The van der Waals surface area contributed by atoms with Crippen molar-refractivity contribution >= 4 is 5.91 Å². The summed E-state index contributed by atoms with van der Waals surface area (Å²) in [6.45, 7) is 5.57. The number of rotatable bonds is 2. The summed E-state index contributed by atoms with van der Waals surface area (Å²) >= 11 is 0. The third kappa shape index (κ3) is 3.50. The lowest BCUT2D eigenvalue weighted by Gasteiger charge is -2.24. The van der Waals surface area contributed by atoms with Gasteiger partial charge in [-0.05, 0) is 30.9 Å². The normalized spacial score (nSPS) is 16.9. The third-order valence-electron chi connectivity index (χ3n) is 3.93. The predicted octanol–water partition coefficient (Wildman–Crippen LogP) is 2.90. The van der Waals surface area contributed by atoms with E-state index in [0.29, 0.717) is 0 Å². The number of carbonyl (C=O) groups is 1. The largest absolute Gasteiger partial charge is 0.338 e. The lowest BCUT2D eigenvalue weighted by molar-refractivity contribution is 0.0740. The molecule has 0 saturated carbocycles. The highest BCUT2D eigenvalue weighted by Gasteiger charge is 2.19. The Bertz CT molecular complexity index is 511. The average Bonchev–Trinajstić information content (AvgIpc) is 2.37. The molecular weight excluding hydrogens is 252 g/mol. The van der Waals surface area contributed by atoms with Gasteiger partial charge < -0.3 is 9.88 Å². The van der Waals surface area contributed by atoms with Gasteiger partial charge >= 0.3 is 0 Å². The van der Waals surface area contributed by atoms with E-state index in [0.717, 1.165) is 31.6 Å². The van der Waals surface area contributed by atoms with E-state index >= 15 is 0 Å². The highest BCUT2D eigenvalue weighted by atomic mass is 16.2. The first-order valence-electron chi connectivity index (χ1n) is 7.62. The predicted molar refractivity (Wildman–Crippen MR) is 80.1 cm³/mol. The molecule has 0 unspecified atom stereocenters. The monoisotopic (exact) mass is 276 g/mol. The Morgan fingerprint density at radius 3 is 2.25 bits per heavy atom. The van der Waals surface area contributed by atoms with Gasteiger partial charge in [0.25, 0.3) is 11.5 Å². The van der Waals surface area contributed by atoms with Crippen LogP contribution in [0.2, 0.25) is 0 Å². The van der Waals surface area contributed by atoms with E-state index in [9.17, 15) is 9.59 Å². The molecule has 20 heavy (non-hydrogen) atoms. The third-order valence-corrected chi connectivity index (χ3v) is 3.93. The van der Waals surface area contributed by atoms with Crippen LogP contribution in [-0.2, 0) is 0 Å². The molecule has 1 amide bonds. The minimum Gasteiger partial charge on any atom is -0.338 e. The van der Waals surface area contributed by atoms with Crippen LogP contribution in [0.3, 0.4) is 0 Å². The summed E-state index contributed by atoms with van der Waals surface area (Å²) in [5.74, 6) is 0.136. The summed E-state index contributed by atoms with van der Waals surface area (Å²) < 4.78 is 0. The van der Waals surface area contributed by atoms with Gasteiger partial charge in [-0.1, -0.05) is 33.1 Å². The second-order valence-corrected chi connectivity index (χ2v) is 5.87. The number of nitrogens with zero attached hydrogens (tertiary/aromatic N) is 1. The molecule has 1 N–H and O–H groups in total. The molecule has 1 saturated heterocycles. The van der Waals surface area contributed by atoms with Crippen LogP contribution in [0.15, 0.2) is 16.9 Å². The standard InChI is InChI=1S/C16H24N2O2/c1-12(2)14-9-8-13(15(19)17-14)16(20)18-10-6-4-3-5-7-11-18/h8-9,12H,3-7,10-11H2,1-2H3,(H,17,19). The van der Waals surface area contributed by atoms with Crippen LogP contribution in [0.1, 0.15) is 67.9 Å². The fourth-order valence-corrected chi connectivity index (χ4v) is 2.61. The Balaban J connectivity index is 2.17. The first kappa shape index (κ1) is 14.8. The van der Waals surface area contributed by atoms with Gasteiger partial charge in [0.05, 0.1) is 0 Å². The maximum Gasteiger partial charge on any atom is 0.261 e. The molecule has 110 valence electrons. The molecule has 0 aliphatic carbocycles. The second-order valence-electron chi connectivity index (χ2n) is 5.87. The highest BCUT2D eigenvalue weighted by molar-refractivity contribution is 5.93. The van der Waals surface area contributed by atoms with E-state index in [2.05, 4.69) is 4.98 Å². The average molecular weight is 276 g/mol.